The lowest BCUT2D eigenvalue weighted by atomic mass is 10.1. The van der Waals surface area contributed by atoms with Gasteiger partial charge in [-0.15, -0.1) is 11.8 Å². The molecule has 1 N–H and O–H groups in total. The molecule has 3 rings (SSSR count). The highest BCUT2D eigenvalue weighted by atomic mass is 32.2. The van der Waals surface area contributed by atoms with Crippen LogP contribution in [0.15, 0.2) is 53.4 Å². The van der Waals surface area contributed by atoms with Crippen molar-refractivity contribution in [2.75, 3.05) is 17.7 Å². The summed E-state index contributed by atoms with van der Waals surface area (Å²) in [7, 11) is 0. The van der Waals surface area contributed by atoms with Crippen molar-refractivity contribution in [3.05, 3.63) is 59.7 Å². The SMILES string of the molecule is CCc1ccccc1NC(=O)c1ccccc1SC[C@@H]1CCCO1. The maximum Gasteiger partial charge on any atom is 0.256 e. The fraction of sp³-hybridized carbons (Fsp3) is 0.350. The molecule has 0 radical (unpaired) electrons. The lowest BCUT2D eigenvalue weighted by molar-refractivity contribution is 0.102. The van der Waals surface area contributed by atoms with E-state index in [4.69, 9.17) is 4.74 Å². The van der Waals surface area contributed by atoms with Gasteiger partial charge in [-0.2, -0.15) is 0 Å². The fourth-order valence-electron chi connectivity index (χ4n) is 2.88. The number of hydrogen-bond donors (Lipinski definition) is 1. The monoisotopic (exact) mass is 341 g/mol. The minimum atomic E-state index is -0.0497. The summed E-state index contributed by atoms with van der Waals surface area (Å²) in [6.45, 7) is 2.96. The summed E-state index contributed by atoms with van der Waals surface area (Å²) in [5.41, 5.74) is 2.77. The molecule has 2 aromatic rings. The number of rotatable bonds is 6. The number of benzene rings is 2. The molecule has 1 atom stereocenters. The van der Waals surface area contributed by atoms with E-state index >= 15 is 0 Å². The second-order valence-corrected chi connectivity index (χ2v) is 6.97. The van der Waals surface area contributed by atoms with Crippen LogP contribution in [0.2, 0.25) is 0 Å². The van der Waals surface area contributed by atoms with E-state index in [1.165, 1.54) is 0 Å². The normalized spacial score (nSPS) is 17.0. The Morgan fingerprint density at radius 3 is 2.79 bits per heavy atom. The van der Waals surface area contributed by atoms with E-state index in [9.17, 15) is 4.79 Å². The molecule has 0 saturated carbocycles. The molecule has 0 spiro atoms. The van der Waals surface area contributed by atoms with E-state index in [1.807, 2.05) is 48.5 Å². The molecule has 1 fully saturated rings. The summed E-state index contributed by atoms with van der Waals surface area (Å²) in [5, 5.41) is 3.06. The van der Waals surface area contributed by atoms with Gasteiger partial charge in [0, 0.05) is 22.9 Å². The van der Waals surface area contributed by atoms with Crippen LogP contribution in [0.3, 0.4) is 0 Å². The zero-order valence-corrected chi connectivity index (χ0v) is 14.8. The summed E-state index contributed by atoms with van der Waals surface area (Å²) in [5.74, 6) is 0.849. The van der Waals surface area contributed by atoms with Gasteiger partial charge in [0.25, 0.3) is 5.91 Å². The molecule has 4 heteroatoms. The van der Waals surface area contributed by atoms with Gasteiger partial charge in [-0.25, -0.2) is 0 Å². The van der Waals surface area contributed by atoms with E-state index in [1.54, 1.807) is 11.8 Å². The molecule has 0 bridgehead atoms. The highest BCUT2D eigenvalue weighted by molar-refractivity contribution is 7.99. The standard InChI is InChI=1S/C20H23NO2S/c1-2-15-8-3-5-11-18(15)21-20(22)17-10-4-6-12-19(17)24-14-16-9-7-13-23-16/h3-6,8,10-12,16H,2,7,9,13-14H2,1H3,(H,21,22)/t16-/m0/s1. The first-order chi connectivity index (χ1) is 11.8. The summed E-state index contributed by atoms with van der Waals surface area (Å²) in [4.78, 5) is 13.8. The van der Waals surface area contributed by atoms with Gasteiger partial charge in [0.2, 0.25) is 0 Å². The van der Waals surface area contributed by atoms with Crippen LogP contribution in [0.4, 0.5) is 5.69 Å². The first-order valence-corrected chi connectivity index (χ1v) is 9.49. The van der Waals surface area contributed by atoms with Crippen LogP contribution >= 0.6 is 11.8 Å². The maximum absolute atomic E-state index is 12.7. The molecular weight excluding hydrogens is 318 g/mol. The summed E-state index contributed by atoms with van der Waals surface area (Å²) in [6, 6.07) is 15.8. The predicted molar refractivity (Wildman–Crippen MR) is 99.9 cm³/mol. The zero-order valence-electron chi connectivity index (χ0n) is 14.0. The Morgan fingerprint density at radius 2 is 2.00 bits per heavy atom. The third-order valence-electron chi connectivity index (χ3n) is 4.23. The van der Waals surface area contributed by atoms with E-state index in [2.05, 4.69) is 12.2 Å². The Kier molecular flexibility index (Phi) is 5.94. The number of ether oxygens (including phenoxy) is 1. The van der Waals surface area contributed by atoms with Crippen molar-refractivity contribution < 1.29 is 9.53 Å². The zero-order chi connectivity index (χ0) is 16.8. The number of carbonyl (C=O) groups excluding carboxylic acids is 1. The van der Waals surface area contributed by atoms with Crippen LogP contribution in [-0.4, -0.2) is 24.4 Å². The smallest absolute Gasteiger partial charge is 0.256 e. The largest absolute Gasteiger partial charge is 0.377 e. The van der Waals surface area contributed by atoms with Crippen molar-refractivity contribution in [3.8, 4) is 0 Å². The number of nitrogens with one attached hydrogen (secondary N) is 1. The topological polar surface area (TPSA) is 38.3 Å². The minimum Gasteiger partial charge on any atom is -0.377 e. The Morgan fingerprint density at radius 1 is 1.21 bits per heavy atom. The molecule has 2 aromatic carbocycles. The molecule has 1 heterocycles. The summed E-state index contributed by atoms with van der Waals surface area (Å²) in [6.07, 6.45) is 3.46. The van der Waals surface area contributed by atoms with Gasteiger partial charge in [-0.1, -0.05) is 37.3 Å². The van der Waals surface area contributed by atoms with Crippen LogP contribution in [0.25, 0.3) is 0 Å². The summed E-state index contributed by atoms with van der Waals surface area (Å²) >= 11 is 1.71. The van der Waals surface area contributed by atoms with Crippen molar-refractivity contribution in [2.45, 2.75) is 37.2 Å². The lowest BCUT2D eigenvalue weighted by Gasteiger charge is -2.13. The Balaban J connectivity index is 1.72. The lowest BCUT2D eigenvalue weighted by Crippen LogP contribution is -2.15. The molecule has 126 valence electrons. The highest BCUT2D eigenvalue weighted by Gasteiger charge is 2.18. The molecule has 1 aliphatic rings. The fourth-order valence-corrected chi connectivity index (χ4v) is 4.00. The van der Waals surface area contributed by atoms with Gasteiger partial charge in [0.15, 0.2) is 0 Å². The van der Waals surface area contributed by atoms with Crippen LogP contribution < -0.4 is 5.32 Å². The van der Waals surface area contributed by atoms with Crippen molar-refractivity contribution in [3.63, 3.8) is 0 Å². The predicted octanol–water partition coefficient (Wildman–Crippen LogP) is 4.77. The molecule has 1 aliphatic heterocycles. The number of carbonyl (C=O) groups is 1. The molecule has 1 saturated heterocycles. The van der Waals surface area contributed by atoms with Crippen molar-refractivity contribution in [1.29, 1.82) is 0 Å². The number of thioether (sulfide) groups is 1. The number of amides is 1. The van der Waals surface area contributed by atoms with Gasteiger partial charge in [-0.05, 0) is 43.0 Å². The highest BCUT2D eigenvalue weighted by Crippen LogP contribution is 2.27. The Labute approximate surface area is 147 Å². The van der Waals surface area contributed by atoms with Crippen molar-refractivity contribution in [2.24, 2.45) is 0 Å². The second-order valence-electron chi connectivity index (χ2n) is 5.91. The first-order valence-electron chi connectivity index (χ1n) is 8.50. The summed E-state index contributed by atoms with van der Waals surface area (Å²) < 4.78 is 5.68. The van der Waals surface area contributed by atoms with Crippen LogP contribution in [-0.2, 0) is 11.2 Å². The average Bonchev–Trinajstić information content (AvgIpc) is 3.14. The molecule has 0 aromatic heterocycles. The van der Waals surface area contributed by atoms with Crippen LogP contribution in [0.1, 0.15) is 35.7 Å². The number of para-hydroxylation sites is 1. The Bertz CT molecular complexity index is 696. The second kappa shape index (κ2) is 8.36. The molecule has 0 aliphatic carbocycles. The number of aryl methyl sites for hydroxylation is 1. The third kappa shape index (κ3) is 4.19. The van der Waals surface area contributed by atoms with Gasteiger partial charge in [0.1, 0.15) is 0 Å². The molecular formula is C20H23NO2S. The van der Waals surface area contributed by atoms with Crippen LogP contribution in [0.5, 0.6) is 0 Å². The molecule has 1 amide bonds. The molecule has 3 nitrogen and oxygen atoms in total. The van der Waals surface area contributed by atoms with E-state index in [0.717, 1.165) is 53.3 Å². The van der Waals surface area contributed by atoms with Crippen molar-refractivity contribution >= 4 is 23.4 Å². The third-order valence-corrected chi connectivity index (χ3v) is 5.43. The number of anilines is 1. The van der Waals surface area contributed by atoms with Gasteiger partial charge < -0.3 is 10.1 Å². The maximum atomic E-state index is 12.7. The molecule has 24 heavy (non-hydrogen) atoms. The molecule has 0 unspecified atom stereocenters. The van der Waals surface area contributed by atoms with Gasteiger partial charge in [-0.3, -0.25) is 4.79 Å². The Hall–Kier alpha value is -1.78. The first kappa shape index (κ1) is 17.1. The van der Waals surface area contributed by atoms with Crippen molar-refractivity contribution in [1.82, 2.24) is 0 Å². The minimum absolute atomic E-state index is 0.0497. The van der Waals surface area contributed by atoms with E-state index in [-0.39, 0.29) is 5.91 Å². The van der Waals surface area contributed by atoms with E-state index in [0.29, 0.717) is 6.10 Å². The average molecular weight is 341 g/mol. The number of hydrogen-bond acceptors (Lipinski definition) is 3. The van der Waals surface area contributed by atoms with Crippen LogP contribution in [0, 0.1) is 0 Å². The quantitative estimate of drug-likeness (QED) is 0.769. The van der Waals surface area contributed by atoms with Gasteiger partial charge in [0.05, 0.1) is 11.7 Å². The van der Waals surface area contributed by atoms with E-state index < -0.39 is 0 Å². The van der Waals surface area contributed by atoms with Gasteiger partial charge >= 0.3 is 0 Å².